The van der Waals surface area contributed by atoms with Gasteiger partial charge in [-0.2, -0.15) is 0 Å². The summed E-state index contributed by atoms with van der Waals surface area (Å²) in [6.45, 7) is -0.0738. The second-order valence-corrected chi connectivity index (χ2v) is 14.7. The molecule has 0 spiro atoms. The molecular weight excluding hydrogens is 847 g/mol. The molecule has 342 valence electrons. The number of nitrogens with two attached hydrogens (primary N) is 2. The summed E-state index contributed by atoms with van der Waals surface area (Å²) in [6.07, 6.45) is 10.8. The lowest BCUT2D eigenvalue weighted by Gasteiger charge is -2.17. The number of carbonyl (C=O) groups excluding carboxylic acids is 7. The molecule has 26 heteroatoms. The van der Waals surface area contributed by atoms with Crippen molar-refractivity contribution in [2.45, 2.75) is 12.5 Å². The van der Waals surface area contributed by atoms with E-state index in [1.54, 1.807) is 71.6 Å². The van der Waals surface area contributed by atoms with E-state index in [0.29, 0.717) is 22.8 Å². The number of nitrogens with zero attached hydrogens (tertiary/aromatic N) is 9. The number of imidazole rings is 3. The number of nitrogens with one attached hydrogen (secondary N) is 8. The van der Waals surface area contributed by atoms with Gasteiger partial charge in [-0.25, -0.2) is 15.0 Å². The van der Waals surface area contributed by atoms with Crippen LogP contribution in [-0.4, -0.2) is 110 Å². The molecule has 0 bridgehead atoms. The zero-order chi connectivity index (χ0) is 47.1. The Morgan fingerprint density at radius 2 is 1.00 bits per heavy atom. The highest BCUT2D eigenvalue weighted by Gasteiger charge is 2.24. The Morgan fingerprint density at radius 3 is 1.48 bits per heavy atom. The van der Waals surface area contributed by atoms with Crippen molar-refractivity contribution in [2.75, 3.05) is 46.5 Å². The lowest BCUT2D eigenvalue weighted by atomic mass is 10.2. The minimum Gasteiger partial charge on any atom is -0.349 e. The maximum atomic E-state index is 13.4. The van der Waals surface area contributed by atoms with Crippen LogP contribution >= 0.6 is 0 Å². The van der Waals surface area contributed by atoms with E-state index in [0.717, 1.165) is 0 Å². The first kappa shape index (κ1) is 46.2. The molecule has 1 atom stereocenters. The van der Waals surface area contributed by atoms with Gasteiger partial charge in [0.15, 0.2) is 17.5 Å². The molecule has 6 aromatic rings. The Bertz CT molecular complexity index is 2780. The molecule has 6 heterocycles. The first-order valence-electron chi connectivity index (χ1n) is 19.8. The average molecular weight is 896 g/mol. The second-order valence-electron chi connectivity index (χ2n) is 14.7. The minimum atomic E-state index is -0.857. The Balaban J connectivity index is 0.994. The Kier molecular flexibility index (Phi) is 14.0. The monoisotopic (exact) mass is 895 g/mol. The minimum absolute atomic E-state index is 0.0242. The molecule has 1 unspecified atom stereocenters. The van der Waals surface area contributed by atoms with Crippen molar-refractivity contribution in [3.8, 4) is 0 Å². The maximum Gasteiger partial charge on any atom is 0.292 e. The van der Waals surface area contributed by atoms with Crippen LogP contribution < -0.4 is 54.0 Å². The number of hydrogen-bond acceptors (Lipinski definition) is 13. The van der Waals surface area contributed by atoms with Gasteiger partial charge >= 0.3 is 0 Å². The van der Waals surface area contributed by atoms with Gasteiger partial charge in [0.1, 0.15) is 17.1 Å². The lowest BCUT2D eigenvalue weighted by molar-refractivity contribution is -0.118. The Morgan fingerprint density at radius 1 is 0.523 bits per heavy atom. The summed E-state index contributed by atoms with van der Waals surface area (Å²) in [7, 11) is 9.72. The number of anilines is 5. The highest BCUT2D eigenvalue weighted by atomic mass is 16.2. The molecule has 0 radical (unpaired) electrons. The van der Waals surface area contributed by atoms with Crippen molar-refractivity contribution < 1.29 is 33.6 Å². The van der Waals surface area contributed by atoms with Crippen LogP contribution in [0.5, 0.6) is 0 Å². The zero-order valence-corrected chi connectivity index (χ0v) is 36.2. The largest absolute Gasteiger partial charge is 0.349 e. The summed E-state index contributed by atoms with van der Waals surface area (Å²) in [5, 5.41) is 21.6. The number of aryl methyl sites for hydroxylation is 6. The van der Waals surface area contributed by atoms with E-state index >= 15 is 0 Å². The van der Waals surface area contributed by atoms with E-state index in [1.807, 2.05) is 0 Å². The number of aromatic nitrogens is 9. The first-order valence-corrected chi connectivity index (χ1v) is 19.8. The first-order chi connectivity index (χ1) is 31.0. The molecule has 0 aliphatic rings. The SMILES string of the molecule is Cn1cc(NC(=O)c2cc(NC(=O)c3cc(NC(=O)C(CCNC(=O)c4nc(NC(=O)c5nc(NC(=O)c6nccn6C)cn5C)cn4C)NCN)cn3C)cn2C)cc1C(=O)NCN. The van der Waals surface area contributed by atoms with Gasteiger partial charge in [-0.15, -0.1) is 0 Å². The summed E-state index contributed by atoms with van der Waals surface area (Å²) in [6, 6.07) is 3.62. The van der Waals surface area contributed by atoms with Crippen LogP contribution in [0, 0.1) is 0 Å². The van der Waals surface area contributed by atoms with Crippen molar-refractivity contribution in [1.29, 1.82) is 0 Å². The zero-order valence-electron chi connectivity index (χ0n) is 36.2. The fraction of sp³-hybridized carbons (Fsp3) is 0.282. The van der Waals surface area contributed by atoms with Gasteiger partial charge in [-0.1, -0.05) is 0 Å². The van der Waals surface area contributed by atoms with Gasteiger partial charge in [0.2, 0.25) is 17.6 Å². The molecular formula is C39H49N19O7. The number of carbonyl (C=O) groups is 7. The van der Waals surface area contributed by atoms with E-state index in [4.69, 9.17) is 11.5 Å². The molecule has 6 aromatic heterocycles. The Labute approximate surface area is 370 Å². The normalized spacial score (nSPS) is 11.4. The topological polar surface area (TPSA) is 336 Å². The van der Waals surface area contributed by atoms with Gasteiger partial charge in [-0.3, -0.25) is 38.9 Å². The van der Waals surface area contributed by atoms with Gasteiger partial charge in [0.05, 0.1) is 29.8 Å². The molecule has 0 aliphatic heterocycles. The molecule has 6 rings (SSSR count). The van der Waals surface area contributed by atoms with Gasteiger partial charge in [0.25, 0.3) is 35.4 Å². The quantitative estimate of drug-likeness (QED) is 0.0473. The highest BCUT2D eigenvalue weighted by molar-refractivity contribution is 6.08. The molecule has 0 fully saturated rings. The molecule has 0 saturated carbocycles. The van der Waals surface area contributed by atoms with Crippen LogP contribution in [0.15, 0.2) is 61.6 Å². The molecule has 65 heavy (non-hydrogen) atoms. The van der Waals surface area contributed by atoms with Crippen molar-refractivity contribution in [3.63, 3.8) is 0 Å². The predicted molar refractivity (Wildman–Crippen MR) is 236 cm³/mol. The Hall–Kier alpha value is -8.36. The fourth-order valence-corrected chi connectivity index (χ4v) is 6.66. The molecule has 7 amide bonds. The number of rotatable bonds is 18. The van der Waals surface area contributed by atoms with E-state index in [-0.39, 0.29) is 66.8 Å². The summed E-state index contributed by atoms with van der Waals surface area (Å²) < 4.78 is 8.96. The van der Waals surface area contributed by atoms with Crippen LogP contribution in [0.3, 0.4) is 0 Å². The van der Waals surface area contributed by atoms with Crippen LogP contribution in [0.4, 0.5) is 28.7 Å². The fourth-order valence-electron chi connectivity index (χ4n) is 6.66. The molecule has 0 aromatic carbocycles. The van der Waals surface area contributed by atoms with Crippen LogP contribution in [-0.2, 0) is 47.1 Å². The summed E-state index contributed by atoms with van der Waals surface area (Å²) >= 11 is 0. The molecule has 0 saturated heterocycles. The highest BCUT2D eigenvalue weighted by Crippen LogP contribution is 2.20. The van der Waals surface area contributed by atoms with Crippen molar-refractivity contribution >= 4 is 70.0 Å². The third-order valence-corrected chi connectivity index (χ3v) is 9.82. The molecule has 0 aliphatic carbocycles. The van der Waals surface area contributed by atoms with Crippen molar-refractivity contribution in [2.24, 2.45) is 53.8 Å². The maximum absolute atomic E-state index is 13.4. The van der Waals surface area contributed by atoms with Gasteiger partial charge in [-0.05, 0) is 24.6 Å². The van der Waals surface area contributed by atoms with E-state index < -0.39 is 47.4 Å². The van der Waals surface area contributed by atoms with E-state index in [9.17, 15) is 33.6 Å². The summed E-state index contributed by atoms with van der Waals surface area (Å²) in [5.41, 5.74) is 12.9. The number of hydrogen-bond donors (Lipinski definition) is 10. The third-order valence-electron chi connectivity index (χ3n) is 9.82. The van der Waals surface area contributed by atoms with Gasteiger partial charge < -0.3 is 76.1 Å². The summed E-state index contributed by atoms with van der Waals surface area (Å²) in [4.78, 5) is 103. The third kappa shape index (κ3) is 10.8. The molecule has 12 N–H and O–H groups in total. The van der Waals surface area contributed by atoms with Crippen molar-refractivity contribution in [1.82, 2.24) is 58.3 Å². The predicted octanol–water partition coefficient (Wildman–Crippen LogP) is -0.809. The molecule has 26 nitrogen and oxygen atoms in total. The van der Waals surface area contributed by atoms with Crippen LogP contribution in [0.1, 0.15) is 69.7 Å². The van der Waals surface area contributed by atoms with Gasteiger partial charge in [0, 0.05) is 98.9 Å². The van der Waals surface area contributed by atoms with Crippen molar-refractivity contribution in [3.05, 3.63) is 96.1 Å². The van der Waals surface area contributed by atoms with Crippen LogP contribution in [0.25, 0.3) is 0 Å². The van der Waals surface area contributed by atoms with E-state index in [2.05, 4.69) is 57.5 Å². The average Bonchev–Trinajstić information content (AvgIpc) is 4.11. The van der Waals surface area contributed by atoms with E-state index in [1.165, 1.54) is 59.6 Å². The summed E-state index contributed by atoms with van der Waals surface area (Å²) in [5.74, 6) is -3.34. The second kappa shape index (κ2) is 19.8. The smallest absolute Gasteiger partial charge is 0.292 e. The number of amides is 7. The van der Waals surface area contributed by atoms with Crippen LogP contribution in [0.2, 0.25) is 0 Å². The lowest BCUT2D eigenvalue weighted by Crippen LogP contribution is -2.45. The standard InChI is InChI=1S/C39H49N19O7/c1-53-10-9-42-30(53)38(64)51-29-18-58(6)32(50-29)39(65)52-28-17-57(5)31(49-28)37(63)43-8-7-24(44-19-40)33(59)46-21-12-26(55(3)14-21)35(61)48-23-13-27(56(4)16-23)36(62)47-22-11-25(54(2)15-22)34(60)45-20-41/h9-18,24,44H,7-8,19-20,40-41H2,1-6H3,(H,43,63)(H,45,60)(H,46,59)(H,47,62)(H,48,61)(H,51,64)(H,52,65).